The molecule has 4 nitrogen and oxygen atoms in total. The summed E-state index contributed by atoms with van der Waals surface area (Å²) >= 11 is 0. The van der Waals surface area contributed by atoms with Gasteiger partial charge in [0.15, 0.2) is 0 Å². The number of para-hydroxylation sites is 1. The number of hydrogen-bond acceptors (Lipinski definition) is 3. The molecule has 0 fully saturated rings. The van der Waals surface area contributed by atoms with Gasteiger partial charge in [-0.25, -0.2) is 0 Å². The van der Waals surface area contributed by atoms with Crippen molar-refractivity contribution >= 4 is 27.6 Å². The lowest BCUT2D eigenvalue weighted by molar-refractivity contribution is 0.0640. The second-order valence-corrected chi connectivity index (χ2v) is 6.30. The molecule has 1 amide bonds. The first-order valence-corrected chi connectivity index (χ1v) is 7.96. The minimum atomic E-state index is -0.0438. The van der Waals surface area contributed by atoms with Gasteiger partial charge in [0.1, 0.15) is 5.69 Å². The average Bonchev–Trinajstić information content (AvgIpc) is 2.53. The number of amides is 1. The van der Waals surface area contributed by atoms with E-state index in [1.165, 1.54) is 0 Å². The van der Waals surface area contributed by atoms with E-state index in [9.17, 15) is 4.79 Å². The van der Waals surface area contributed by atoms with Crippen molar-refractivity contribution in [3.8, 4) is 0 Å². The highest BCUT2D eigenvalue weighted by Gasteiger charge is 2.24. The third-order valence-electron chi connectivity index (χ3n) is 4.07. The molecule has 3 aromatic rings. The Bertz CT molecular complexity index is 863. The number of carbonyl (C=O) groups excluding carboxylic acids is 1. The predicted octanol–water partition coefficient (Wildman–Crippen LogP) is 4.04. The Hall–Kier alpha value is -2.49. The fraction of sp³-hybridized carbons (Fsp3) is 0.316. The van der Waals surface area contributed by atoms with E-state index in [2.05, 4.69) is 9.97 Å². The maximum atomic E-state index is 13.0. The molecule has 0 atom stereocenters. The van der Waals surface area contributed by atoms with E-state index in [1.807, 2.05) is 62.9 Å². The van der Waals surface area contributed by atoms with Gasteiger partial charge in [-0.3, -0.25) is 14.8 Å². The molecule has 0 unspecified atom stereocenters. The minimum Gasteiger partial charge on any atom is -0.332 e. The molecule has 23 heavy (non-hydrogen) atoms. The Labute approximate surface area is 136 Å². The second kappa shape index (κ2) is 5.95. The molecule has 0 spiro atoms. The van der Waals surface area contributed by atoms with Crippen LogP contribution in [0.15, 0.2) is 42.7 Å². The fourth-order valence-electron chi connectivity index (χ4n) is 3.14. The summed E-state index contributed by atoms with van der Waals surface area (Å²) < 4.78 is 0. The molecular formula is C19H21N3O. The van der Waals surface area contributed by atoms with Crippen LogP contribution in [0.25, 0.3) is 21.7 Å². The van der Waals surface area contributed by atoms with E-state index >= 15 is 0 Å². The van der Waals surface area contributed by atoms with Gasteiger partial charge < -0.3 is 4.90 Å². The average molecular weight is 307 g/mol. The van der Waals surface area contributed by atoms with E-state index in [0.29, 0.717) is 5.69 Å². The Morgan fingerprint density at radius 3 is 2.30 bits per heavy atom. The van der Waals surface area contributed by atoms with Crippen molar-refractivity contribution in [1.82, 2.24) is 14.9 Å². The molecule has 1 aromatic carbocycles. The van der Waals surface area contributed by atoms with Crippen LogP contribution in [0.3, 0.4) is 0 Å². The lowest BCUT2D eigenvalue weighted by atomic mass is 10.1. The van der Waals surface area contributed by atoms with Crippen molar-refractivity contribution in [3.05, 3.63) is 48.4 Å². The van der Waals surface area contributed by atoms with E-state index < -0.39 is 0 Å². The molecule has 0 aliphatic carbocycles. The van der Waals surface area contributed by atoms with E-state index in [-0.39, 0.29) is 18.0 Å². The Morgan fingerprint density at radius 2 is 1.61 bits per heavy atom. The summed E-state index contributed by atoms with van der Waals surface area (Å²) in [4.78, 5) is 23.7. The van der Waals surface area contributed by atoms with Gasteiger partial charge >= 0.3 is 0 Å². The number of carbonyl (C=O) groups is 1. The van der Waals surface area contributed by atoms with Crippen LogP contribution in [0.1, 0.15) is 38.2 Å². The van der Waals surface area contributed by atoms with Crippen LogP contribution in [-0.2, 0) is 0 Å². The van der Waals surface area contributed by atoms with Gasteiger partial charge in [-0.1, -0.05) is 18.2 Å². The highest BCUT2D eigenvalue weighted by molar-refractivity contribution is 6.12. The van der Waals surface area contributed by atoms with Crippen LogP contribution >= 0.6 is 0 Å². The number of hydrogen-bond donors (Lipinski definition) is 0. The predicted molar refractivity (Wildman–Crippen MR) is 93.5 cm³/mol. The fourth-order valence-corrected chi connectivity index (χ4v) is 3.14. The number of aromatic nitrogens is 2. The van der Waals surface area contributed by atoms with E-state index in [0.717, 1.165) is 21.7 Å². The quantitative estimate of drug-likeness (QED) is 0.686. The van der Waals surface area contributed by atoms with Crippen molar-refractivity contribution in [2.45, 2.75) is 39.8 Å². The zero-order chi connectivity index (χ0) is 16.6. The molecule has 0 bridgehead atoms. The van der Waals surface area contributed by atoms with Crippen molar-refractivity contribution in [3.63, 3.8) is 0 Å². The minimum absolute atomic E-state index is 0.0438. The van der Waals surface area contributed by atoms with Crippen molar-refractivity contribution in [2.24, 2.45) is 0 Å². The molecule has 0 N–H and O–H groups in total. The van der Waals surface area contributed by atoms with E-state index in [1.54, 1.807) is 12.4 Å². The molecule has 0 saturated carbocycles. The monoisotopic (exact) mass is 307 g/mol. The lowest BCUT2D eigenvalue weighted by Crippen LogP contribution is -2.42. The van der Waals surface area contributed by atoms with Crippen molar-refractivity contribution in [2.75, 3.05) is 0 Å². The second-order valence-electron chi connectivity index (χ2n) is 6.30. The molecule has 2 heterocycles. The molecule has 3 rings (SSSR count). The summed E-state index contributed by atoms with van der Waals surface area (Å²) in [6, 6.07) is 10.1. The van der Waals surface area contributed by atoms with Gasteiger partial charge in [0.05, 0.1) is 5.52 Å². The third-order valence-corrected chi connectivity index (χ3v) is 4.07. The summed E-state index contributed by atoms with van der Waals surface area (Å²) in [7, 11) is 0. The number of fused-ring (bicyclic) bond motifs is 3. The van der Waals surface area contributed by atoms with Crippen LogP contribution in [0.2, 0.25) is 0 Å². The molecule has 0 aliphatic rings. The standard InChI is InChI=1S/C19H21N3O/c1-12(2)22(13(3)4)19(23)18-16-11-21-17-8-6-5-7-15(17)14(16)9-10-20-18/h5-13H,1-4H3. The number of pyridine rings is 2. The van der Waals surface area contributed by atoms with Crippen molar-refractivity contribution in [1.29, 1.82) is 0 Å². The highest BCUT2D eigenvalue weighted by atomic mass is 16.2. The van der Waals surface area contributed by atoms with Crippen LogP contribution < -0.4 is 0 Å². The largest absolute Gasteiger partial charge is 0.332 e. The zero-order valence-corrected chi connectivity index (χ0v) is 13.9. The van der Waals surface area contributed by atoms with Gasteiger partial charge in [-0.05, 0) is 45.2 Å². The lowest BCUT2D eigenvalue weighted by Gasteiger charge is -2.30. The Kier molecular flexibility index (Phi) is 3.99. The van der Waals surface area contributed by atoms with Gasteiger partial charge in [-0.2, -0.15) is 0 Å². The van der Waals surface area contributed by atoms with Gasteiger partial charge in [0, 0.05) is 35.2 Å². The smallest absolute Gasteiger partial charge is 0.273 e. The molecule has 2 aromatic heterocycles. The molecule has 0 aliphatic heterocycles. The normalized spacial score (nSPS) is 11.6. The Morgan fingerprint density at radius 1 is 0.913 bits per heavy atom. The van der Waals surface area contributed by atoms with Crippen LogP contribution in [0, 0.1) is 0 Å². The maximum Gasteiger partial charge on any atom is 0.273 e. The van der Waals surface area contributed by atoms with Crippen molar-refractivity contribution < 1.29 is 4.79 Å². The maximum absolute atomic E-state index is 13.0. The summed E-state index contributed by atoms with van der Waals surface area (Å²) in [6.07, 6.45) is 3.47. The summed E-state index contributed by atoms with van der Waals surface area (Å²) in [5, 5.41) is 2.87. The summed E-state index contributed by atoms with van der Waals surface area (Å²) in [5.74, 6) is -0.0438. The van der Waals surface area contributed by atoms with Gasteiger partial charge in [0.25, 0.3) is 5.91 Å². The van der Waals surface area contributed by atoms with Crippen LogP contribution in [0.4, 0.5) is 0 Å². The molecule has 0 saturated heterocycles. The molecule has 118 valence electrons. The highest BCUT2D eigenvalue weighted by Crippen LogP contribution is 2.26. The Balaban J connectivity index is 2.22. The van der Waals surface area contributed by atoms with Crippen LogP contribution in [-0.4, -0.2) is 32.9 Å². The van der Waals surface area contributed by atoms with Gasteiger partial charge in [0.2, 0.25) is 0 Å². The topological polar surface area (TPSA) is 46.1 Å². The first-order valence-electron chi connectivity index (χ1n) is 7.96. The van der Waals surface area contributed by atoms with E-state index in [4.69, 9.17) is 0 Å². The molecule has 0 radical (unpaired) electrons. The van der Waals surface area contributed by atoms with Crippen LogP contribution in [0.5, 0.6) is 0 Å². The number of benzene rings is 1. The SMILES string of the molecule is CC(C)N(C(=O)c1nccc2c1cnc1ccccc12)C(C)C. The first kappa shape index (κ1) is 15.4. The van der Waals surface area contributed by atoms with Gasteiger partial charge in [-0.15, -0.1) is 0 Å². The molecule has 4 heteroatoms. The number of nitrogens with zero attached hydrogens (tertiary/aromatic N) is 3. The number of rotatable bonds is 3. The summed E-state index contributed by atoms with van der Waals surface area (Å²) in [6.45, 7) is 8.10. The summed E-state index contributed by atoms with van der Waals surface area (Å²) in [5.41, 5.74) is 1.40. The third kappa shape index (κ3) is 2.65. The zero-order valence-electron chi connectivity index (χ0n) is 13.9. The molecular weight excluding hydrogens is 286 g/mol. The first-order chi connectivity index (χ1) is 11.0.